The standard InChI is InChI=1S/C13H8BrCl2NO2/c14-13(12(18)8-2-1-5-17-7-8)19-11-4-3-9(15)6-10(11)16/h1-7,13H. The lowest BCUT2D eigenvalue weighted by Gasteiger charge is -2.13. The summed E-state index contributed by atoms with van der Waals surface area (Å²) >= 11 is 14.9. The van der Waals surface area contributed by atoms with E-state index in [1.54, 1.807) is 36.5 Å². The maximum absolute atomic E-state index is 12.0. The molecule has 0 radical (unpaired) electrons. The number of alkyl halides is 1. The number of ketones is 1. The molecule has 0 amide bonds. The first-order valence-electron chi connectivity index (χ1n) is 5.28. The molecule has 0 aliphatic carbocycles. The highest BCUT2D eigenvalue weighted by Crippen LogP contribution is 2.29. The lowest BCUT2D eigenvalue weighted by atomic mass is 10.2. The lowest BCUT2D eigenvalue weighted by Crippen LogP contribution is -2.21. The Morgan fingerprint density at radius 1 is 1.32 bits per heavy atom. The van der Waals surface area contributed by atoms with Crippen LogP contribution in [-0.4, -0.2) is 15.8 Å². The van der Waals surface area contributed by atoms with Gasteiger partial charge in [-0.15, -0.1) is 0 Å². The number of rotatable bonds is 4. The van der Waals surface area contributed by atoms with Gasteiger partial charge >= 0.3 is 0 Å². The Morgan fingerprint density at radius 2 is 2.11 bits per heavy atom. The van der Waals surface area contributed by atoms with E-state index in [1.165, 1.54) is 6.20 Å². The fourth-order valence-corrected chi connectivity index (χ4v) is 2.29. The number of hydrogen-bond donors (Lipinski definition) is 0. The molecule has 1 aromatic heterocycles. The third kappa shape index (κ3) is 3.69. The topological polar surface area (TPSA) is 39.2 Å². The Balaban J connectivity index is 2.13. The van der Waals surface area contributed by atoms with E-state index in [4.69, 9.17) is 27.9 Å². The second-order valence-electron chi connectivity index (χ2n) is 3.61. The van der Waals surface area contributed by atoms with E-state index in [0.717, 1.165) is 0 Å². The van der Waals surface area contributed by atoms with Crippen molar-refractivity contribution in [1.29, 1.82) is 0 Å². The number of nitrogens with zero attached hydrogens (tertiary/aromatic N) is 1. The van der Waals surface area contributed by atoms with Crippen LogP contribution in [0.25, 0.3) is 0 Å². The molecule has 1 atom stereocenters. The van der Waals surface area contributed by atoms with Crippen molar-refractivity contribution in [2.75, 3.05) is 0 Å². The minimum absolute atomic E-state index is 0.237. The monoisotopic (exact) mass is 359 g/mol. The smallest absolute Gasteiger partial charge is 0.215 e. The van der Waals surface area contributed by atoms with Crippen LogP contribution < -0.4 is 4.74 Å². The van der Waals surface area contributed by atoms with Crippen LogP contribution in [0, 0.1) is 0 Å². The highest BCUT2D eigenvalue weighted by Gasteiger charge is 2.19. The molecule has 98 valence electrons. The van der Waals surface area contributed by atoms with E-state index >= 15 is 0 Å². The van der Waals surface area contributed by atoms with Crippen LogP contribution in [0.2, 0.25) is 10.0 Å². The molecule has 1 aromatic carbocycles. The highest BCUT2D eigenvalue weighted by molar-refractivity contribution is 9.09. The van der Waals surface area contributed by atoms with Crippen molar-refractivity contribution in [3.8, 4) is 5.75 Å². The summed E-state index contributed by atoms with van der Waals surface area (Å²) in [4.78, 5) is 15.9. The Bertz CT molecular complexity index is 592. The maximum Gasteiger partial charge on any atom is 0.215 e. The van der Waals surface area contributed by atoms with Crippen LogP contribution in [0.15, 0.2) is 42.7 Å². The SMILES string of the molecule is O=C(c1cccnc1)C(Br)Oc1ccc(Cl)cc1Cl. The fourth-order valence-electron chi connectivity index (χ4n) is 1.38. The predicted molar refractivity (Wildman–Crippen MR) is 78.4 cm³/mol. The van der Waals surface area contributed by atoms with Crippen LogP contribution in [0.5, 0.6) is 5.75 Å². The van der Waals surface area contributed by atoms with Crippen molar-refractivity contribution in [2.24, 2.45) is 0 Å². The molecule has 0 saturated heterocycles. The molecular formula is C13H8BrCl2NO2. The predicted octanol–water partition coefficient (Wildman–Crippen LogP) is 4.37. The second kappa shape index (κ2) is 6.37. The summed E-state index contributed by atoms with van der Waals surface area (Å²) in [6.07, 6.45) is 3.07. The van der Waals surface area contributed by atoms with Gasteiger partial charge in [-0.1, -0.05) is 23.2 Å². The first-order chi connectivity index (χ1) is 9.08. The summed E-state index contributed by atoms with van der Waals surface area (Å²) in [6, 6.07) is 8.14. The zero-order chi connectivity index (χ0) is 13.8. The van der Waals surface area contributed by atoms with E-state index in [2.05, 4.69) is 20.9 Å². The molecule has 0 aliphatic heterocycles. The fraction of sp³-hybridized carbons (Fsp3) is 0.0769. The van der Waals surface area contributed by atoms with Gasteiger partial charge in [-0.25, -0.2) is 0 Å². The van der Waals surface area contributed by atoms with Crippen molar-refractivity contribution in [3.05, 3.63) is 58.3 Å². The van der Waals surface area contributed by atoms with Crippen LogP contribution in [0.3, 0.4) is 0 Å². The third-order valence-electron chi connectivity index (χ3n) is 2.28. The molecule has 0 fully saturated rings. The number of hydrogen-bond acceptors (Lipinski definition) is 3. The summed E-state index contributed by atoms with van der Waals surface area (Å²) in [5.74, 6) is 0.143. The number of ether oxygens (including phenoxy) is 1. The average Bonchev–Trinajstić information content (AvgIpc) is 2.42. The molecule has 2 rings (SSSR count). The van der Waals surface area contributed by atoms with Crippen LogP contribution in [-0.2, 0) is 0 Å². The van der Waals surface area contributed by atoms with Crippen LogP contribution >= 0.6 is 39.1 Å². The number of halogens is 3. The molecule has 0 spiro atoms. The zero-order valence-corrected chi connectivity index (χ0v) is 12.6. The van der Waals surface area contributed by atoms with Gasteiger partial charge in [-0.3, -0.25) is 9.78 Å². The van der Waals surface area contributed by atoms with Gasteiger partial charge in [-0.05, 0) is 46.3 Å². The molecule has 0 N–H and O–H groups in total. The molecule has 0 aliphatic rings. The largest absolute Gasteiger partial charge is 0.469 e. The van der Waals surface area contributed by atoms with E-state index in [0.29, 0.717) is 21.4 Å². The molecule has 0 saturated carbocycles. The molecule has 2 aromatic rings. The van der Waals surface area contributed by atoms with Gasteiger partial charge < -0.3 is 4.74 Å². The van der Waals surface area contributed by atoms with Gasteiger partial charge in [0.1, 0.15) is 5.75 Å². The summed E-state index contributed by atoms with van der Waals surface area (Å²) in [7, 11) is 0. The van der Waals surface area contributed by atoms with Crippen molar-refractivity contribution in [1.82, 2.24) is 4.98 Å². The number of aromatic nitrogens is 1. The normalized spacial score (nSPS) is 11.9. The highest BCUT2D eigenvalue weighted by atomic mass is 79.9. The van der Waals surface area contributed by atoms with Gasteiger partial charge in [0.05, 0.1) is 5.02 Å². The first kappa shape index (κ1) is 14.3. The Hall–Kier alpha value is -1.10. The lowest BCUT2D eigenvalue weighted by molar-refractivity contribution is 0.0897. The van der Waals surface area contributed by atoms with Crippen molar-refractivity contribution < 1.29 is 9.53 Å². The molecule has 19 heavy (non-hydrogen) atoms. The molecule has 1 heterocycles. The minimum Gasteiger partial charge on any atom is -0.469 e. The van der Waals surface area contributed by atoms with Crippen LogP contribution in [0.4, 0.5) is 0 Å². The molecule has 3 nitrogen and oxygen atoms in total. The number of pyridine rings is 1. The second-order valence-corrected chi connectivity index (χ2v) is 5.29. The Labute approximate surface area is 128 Å². The number of carbonyl (C=O) groups excluding carboxylic acids is 1. The summed E-state index contributed by atoms with van der Waals surface area (Å²) < 4.78 is 5.47. The van der Waals surface area contributed by atoms with Crippen molar-refractivity contribution >= 4 is 44.9 Å². The van der Waals surface area contributed by atoms with Gasteiger partial charge in [0, 0.05) is 23.0 Å². The average molecular weight is 361 g/mol. The molecule has 1 unspecified atom stereocenters. The van der Waals surface area contributed by atoms with Crippen molar-refractivity contribution in [3.63, 3.8) is 0 Å². The molecule has 6 heteroatoms. The Morgan fingerprint density at radius 3 is 2.74 bits per heavy atom. The zero-order valence-electron chi connectivity index (χ0n) is 9.52. The van der Waals surface area contributed by atoms with E-state index in [9.17, 15) is 4.79 Å². The van der Waals surface area contributed by atoms with Gasteiger partial charge in [0.2, 0.25) is 10.8 Å². The number of benzene rings is 1. The van der Waals surface area contributed by atoms with Gasteiger partial charge in [0.15, 0.2) is 0 Å². The van der Waals surface area contributed by atoms with Crippen LogP contribution in [0.1, 0.15) is 10.4 Å². The summed E-state index contributed by atoms with van der Waals surface area (Å²) in [5.41, 5.74) is 0.453. The Kier molecular flexibility index (Phi) is 4.80. The third-order valence-corrected chi connectivity index (χ3v) is 3.41. The van der Waals surface area contributed by atoms with E-state index in [-0.39, 0.29) is 5.78 Å². The van der Waals surface area contributed by atoms with Gasteiger partial charge in [0.25, 0.3) is 0 Å². The van der Waals surface area contributed by atoms with Gasteiger partial charge in [-0.2, -0.15) is 0 Å². The quantitative estimate of drug-likeness (QED) is 0.600. The van der Waals surface area contributed by atoms with E-state index < -0.39 is 5.01 Å². The first-order valence-corrected chi connectivity index (χ1v) is 6.95. The number of Topliss-reactive ketones (excluding diaryl/α,β-unsaturated/α-hetero) is 1. The minimum atomic E-state index is -0.838. The van der Waals surface area contributed by atoms with E-state index in [1.807, 2.05) is 0 Å². The summed E-state index contributed by atoms with van der Waals surface area (Å²) in [5, 5.41) is 0.00775. The molecule has 0 bridgehead atoms. The maximum atomic E-state index is 12.0. The van der Waals surface area contributed by atoms with Crippen molar-refractivity contribution in [2.45, 2.75) is 5.01 Å². The number of carbonyl (C=O) groups is 1. The summed E-state index contributed by atoms with van der Waals surface area (Å²) in [6.45, 7) is 0. The molecular weight excluding hydrogens is 353 g/mol.